The van der Waals surface area contributed by atoms with Gasteiger partial charge in [-0.3, -0.25) is 0 Å². The van der Waals surface area contributed by atoms with Crippen LogP contribution >= 0.6 is 0 Å². The van der Waals surface area contributed by atoms with Crippen molar-refractivity contribution in [2.24, 2.45) is 5.92 Å². The van der Waals surface area contributed by atoms with Crippen LogP contribution in [0.2, 0.25) is 0 Å². The van der Waals surface area contributed by atoms with Crippen LogP contribution in [0.4, 0.5) is 0 Å². The van der Waals surface area contributed by atoms with E-state index >= 15 is 0 Å². The Morgan fingerprint density at radius 3 is 2.06 bits per heavy atom. The van der Waals surface area contributed by atoms with Crippen LogP contribution in [0.5, 0.6) is 0 Å². The molecule has 0 spiro atoms. The molecule has 1 aromatic rings. The fraction of sp³-hybridized carbons (Fsp3) is 0.571. The van der Waals surface area contributed by atoms with E-state index in [4.69, 9.17) is 0 Å². The lowest BCUT2D eigenvalue weighted by Crippen LogP contribution is -2.37. The zero-order valence-corrected chi connectivity index (χ0v) is 12.2. The molecule has 0 bridgehead atoms. The molecule has 0 heterocycles. The molecule has 0 saturated heterocycles. The van der Waals surface area contributed by atoms with E-state index in [-0.39, 0.29) is 10.8 Å². The lowest BCUT2D eigenvalue weighted by Gasteiger charge is -2.27. The third-order valence-electron chi connectivity index (χ3n) is 2.62. The highest BCUT2D eigenvalue weighted by atomic mass is 32.2. The van der Waals surface area contributed by atoms with Gasteiger partial charge in [-0.25, -0.2) is 8.93 Å². The van der Waals surface area contributed by atoms with Crippen molar-refractivity contribution in [3.63, 3.8) is 0 Å². The van der Waals surface area contributed by atoms with Gasteiger partial charge in [0.2, 0.25) is 0 Å². The van der Waals surface area contributed by atoms with Crippen molar-refractivity contribution < 1.29 is 4.21 Å². The van der Waals surface area contributed by atoms with Crippen LogP contribution < -0.4 is 4.72 Å². The second-order valence-electron chi connectivity index (χ2n) is 5.63. The number of hydrogen-bond acceptors (Lipinski definition) is 1. The minimum atomic E-state index is -1.04. The van der Waals surface area contributed by atoms with Gasteiger partial charge >= 0.3 is 0 Å². The van der Waals surface area contributed by atoms with Gasteiger partial charge in [-0.05, 0) is 32.3 Å². The van der Waals surface area contributed by atoms with Gasteiger partial charge in [0, 0.05) is 6.04 Å². The summed E-state index contributed by atoms with van der Waals surface area (Å²) in [5.74, 6) is 0.406. The zero-order valence-electron chi connectivity index (χ0n) is 11.4. The molecule has 96 valence electrons. The quantitative estimate of drug-likeness (QED) is 0.875. The molecule has 0 aliphatic rings. The maximum Gasteiger partial charge on any atom is 0.0976 e. The maximum atomic E-state index is 12.2. The smallest absolute Gasteiger partial charge is 0.0976 e. The van der Waals surface area contributed by atoms with E-state index in [1.165, 1.54) is 5.56 Å². The highest BCUT2D eigenvalue weighted by Gasteiger charge is 2.25. The van der Waals surface area contributed by atoms with Gasteiger partial charge in [-0.15, -0.1) is 0 Å². The van der Waals surface area contributed by atoms with Crippen molar-refractivity contribution in [3.05, 3.63) is 35.9 Å². The molecule has 1 rings (SSSR count). The average molecular weight is 253 g/mol. The third kappa shape index (κ3) is 4.25. The van der Waals surface area contributed by atoms with E-state index < -0.39 is 11.0 Å². The molecule has 0 aliphatic heterocycles. The van der Waals surface area contributed by atoms with Crippen molar-refractivity contribution in [1.82, 2.24) is 4.72 Å². The van der Waals surface area contributed by atoms with Crippen LogP contribution in [-0.2, 0) is 11.0 Å². The second kappa shape index (κ2) is 5.78. The Bertz CT molecular complexity index is 368. The molecule has 0 radical (unpaired) electrons. The lowest BCUT2D eigenvalue weighted by atomic mass is 9.97. The molecule has 0 unspecified atom stereocenters. The van der Waals surface area contributed by atoms with E-state index in [2.05, 4.69) is 30.7 Å². The summed E-state index contributed by atoms with van der Waals surface area (Å²) in [6.45, 7) is 10.2. The summed E-state index contributed by atoms with van der Waals surface area (Å²) in [4.78, 5) is 0. The highest BCUT2D eigenvalue weighted by molar-refractivity contribution is 7.84. The number of hydrogen-bond donors (Lipinski definition) is 1. The Labute approximate surface area is 107 Å². The van der Waals surface area contributed by atoms with E-state index in [0.717, 1.165) is 0 Å². The fourth-order valence-electron chi connectivity index (χ4n) is 1.54. The molecule has 1 aromatic carbocycles. The topological polar surface area (TPSA) is 29.1 Å². The molecule has 2 nitrogen and oxygen atoms in total. The van der Waals surface area contributed by atoms with Gasteiger partial charge in [0.15, 0.2) is 0 Å². The van der Waals surface area contributed by atoms with Crippen LogP contribution in [-0.4, -0.2) is 8.96 Å². The van der Waals surface area contributed by atoms with Gasteiger partial charge in [-0.1, -0.05) is 44.2 Å². The molecule has 1 N–H and O–H groups in total. The monoisotopic (exact) mass is 253 g/mol. The van der Waals surface area contributed by atoms with Crippen LogP contribution in [0.3, 0.4) is 0 Å². The molecule has 17 heavy (non-hydrogen) atoms. The van der Waals surface area contributed by atoms with Crippen molar-refractivity contribution in [1.29, 1.82) is 0 Å². The maximum absolute atomic E-state index is 12.2. The molecule has 0 amide bonds. The molecular formula is C14H23NOS. The summed E-state index contributed by atoms with van der Waals surface area (Å²) in [7, 11) is -1.04. The molecule has 2 atom stereocenters. The first kappa shape index (κ1) is 14.4. The van der Waals surface area contributed by atoms with Gasteiger partial charge in [-0.2, -0.15) is 0 Å². The fourth-order valence-corrected chi connectivity index (χ4v) is 2.53. The van der Waals surface area contributed by atoms with Gasteiger partial charge in [0.25, 0.3) is 0 Å². The van der Waals surface area contributed by atoms with Gasteiger partial charge in [0.05, 0.1) is 15.7 Å². The summed E-state index contributed by atoms with van der Waals surface area (Å²) in [5.41, 5.74) is 1.19. The van der Waals surface area contributed by atoms with Crippen LogP contribution in [0.15, 0.2) is 30.3 Å². The van der Waals surface area contributed by atoms with E-state index in [9.17, 15) is 4.21 Å². The van der Waals surface area contributed by atoms with Crippen molar-refractivity contribution in [2.45, 2.75) is 45.4 Å². The van der Waals surface area contributed by atoms with Crippen LogP contribution in [0.25, 0.3) is 0 Å². The normalized spacial score (nSPS) is 15.9. The summed E-state index contributed by atoms with van der Waals surface area (Å²) in [6, 6.07) is 10.3. The molecule has 0 aliphatic carbocycles. The predicted octanol–water partition coefficient (Wildman–Crippen LogP) is 3.44. The average Bonchev–Trinajstić information content (AvgIpc) is 2.25. The SMILES string of the molecule is CC(C)[C@H](N[S@@](=O)C(C)(C)C)c1ccccc1. The van der Waals surface area contributed by atoms with Gasteiger partial charge in [0.1, 0.15) is 0 Å². The van der Waals surface area contributed by atoms with E-state index in [1.807, 2.05) is 39.0 Å². The third-order valence-corrected chi connectivity index (χ3v) is 4.20. The number of nitrogens with one attached hydrogen (secondary N) is 1. The Hall–Kier alpha value is -0.670. The Kier molecular flexibility index (Phi) is 4.90. The summed E-state index contributed by atoms with van der Waals surface area (Å²) < 4.78 is 15.2. The lowest BCUT2D eigenvalue weighted by molar-refractivity contribution is 0.473. The second-order valence-corrected chi connectivity index (χ2v) is 7.63. The summed E-state index contributed by atoms with van der Waals surface area (Å²) in [5, 5.41) is 0. The minimum absolute atomic E-state index is 0.135. The Balaban J connectivity index is 2.86. The van der Waals surface area contributed by atoms with E-state index in [0.29, 0.717) is 5.92 Å². The van der Waals surface area contributed by atoms with Gasteiger partial charge < -0.3 is 0 Å². The standard InChI is InChI=1S/C14H23NOS/c1-11(2)13(12-9-7-6-8-10-12)15-17(16)14(3,4)5/h6-11,13,15H,1-5H3/t13-,17-/m0/s1. The first-order valence-corrected chi connectivity index (χ1v) is 7.20. The molecule has 0 fully saturated rings. The highest BCUT2D eigenvalue weighted by Crippen LogP contribution is 2.23. The largest absolute Gasteiger partial charge is 0.242 e. The Morgan fingerprint density at radius 2 is 1.65 bits per heavy atom. The van der Waals surface area contributed by atoms with Crippen molar-refractivity contribution in [2.75, 3.05) is 0 Å². The van der Waals surface area contributed by atoms with Crippen molar-refractivity contribution >= 4 is 11.0 Å². The Morgan fingerprint density at radius 1 is 1.12 bits per heavy atom. The first-order valence-electron chi connectivity index (χ1n) is 6.05. The number of rotatable bonds is 4. The molecule has 3 heteroatoms. The predicted molar refractivity (Wildman–Crippen MR) is 75.1 cm³/mol. The van der Waals surface area contributed by atoms with Crippen LogP contribution in [0.1, 0.15) is 46.2 Å². The summed E-state index contributed by atoms with van der Waals surface area (Å²) in [6.07, 6.45) is 0. The molecule has 0 saturated carbocycles. The summed E-state index contributed by atoms with van der Waals surface area (Å²) >= 11 is 0. The molecular weight excluding hydrogens is 230 g/mol. The zero-order chi connectivity index (χ0) is 13.1. The van der Waals surface area contributed by atoms with Crippen LogP contribution in [0, 0.1) is 5.92 Å². The van der Waals surface area contributed by atoms with Crippen molar-refractivity contribution in [3.8, 4) is 0 Å². The minimum Gasteiger partial charge on any atom is -0.242 e. The van der Waals surface area contributed by atoms with E-state index in [1.54, 1.807) is 0 Å². The number of benzene rings is 1. The molecule has 0 aromatic heterocycles. The first-order chi connectivity index (χ1) is 7.82.